The predicted molar refractivity (Wildman–Crippen MR) is 79.3 cm³/mol. The number of carbonyl (C=O) groups excluding carboxylic acids is 2. The van der Waals surface area contributed by atoms with Gasteiger partial charge < -0.3 is 15.3 Å². The first-order valence-electron chi connectivity index (χ1n) is 6.52. The molecule has 1 aliphatic rings. The molecule has 0 spiro atoms. The number of likely N-dealkylation sites (tertiary alicyclic amines) is 1. The van der Waals surface area contributed by atoms with Gasteiger partial charge in [0.2, 0.25) is 0 Å². The fourth-order valence-corrected chi connectivity index (χ4v) is 2.69. The number of nitrogens with one attached hydrogen (secondary N) is 1. The van der Waals surface area contributed by atoms with Crippen molar-refractivity contribution in [2.24, 2.45) is 0 Å². The van der Waals surface area contributed by atoms with Gasteiger partial charge in [0.1, 0.15) is 0 Å². The molecule has 0 bridgehead atoms. The van der Waals surface area contributed by atoms with Crippen LogP contribution in [0, 0.1) is 6.92 Å². The summed E-state index contributed by atoms with van der Waals surface area (Å²) >= 11 is 3.33. The van der Waals surface area contributed by atoms with Crippen LogP contribution in [0.3, 0.4) is 0 Å². The molecule has 1 aromatic rings. The number of hydrogen-bond acceptors (Lipinski definition) is 3. The molecule has 0 radical (unpaired) electrons. The van der Waals surface area contributed by atoms with E-state index in [2.05, 4.69) is 21.2 Å². The van der Waals surface area contributed by atoms with Crippen LogP contribution in [0.5, 0.6) is 0 Å². The molecule has 108 valence electrons. The number of anilines is 1. The fraction of sp³-hybridized carbons (Fsp3) is 0.429. The van der Waals surface area contributed by atoms with Gasteiger partial charge >= 0.3 is 11.8 Å². The topological polar surface area (TPSA) is 69.6 Å². The third-order valence-corrected chi connectivity index (χ3v) is 3.98. The molecule has 1 heterocycles. The average molecular weight is 341 g/mol. The molecule has 6 heteroatoms. The molecule has 20 heavy (non-hydrogen) atoms. The average Bonchev–Trinajstić information content (AvgIpc) is 2.90. The lowest BCUT2D eigenvalue weighted by molar-refractivity contribution is -0.144. The quantitative estimate of drug-likeness (QED) is 0.804. The summed E-state index contributed by atoms with van der Waals surface area (Å²) in [4.78, 5) is 25.6. The highest BCUT2D eigenvalue weighted by Crippen LogP contribution is 2.21. The van der Waals surface area contributed by atoms with E-state index in [9.17, 15) is 14.7 Å². The molecule has 1 aromatic carbocycles. The van der Waals surface area contributed by atoms with E-state index in [1.807, 2.05) is 19.1 Å². The Morgan fingerprint density at radius 2 is 2.25 bits per heavy atom. The van der Waals surface area contributed by atoms with Gasteiger partial charge in [-0.25, -0.2) is 0 Å². The van der Waals surface area contributed by atoms with Crippen molar-refractivity contribution in [2.75, 3.05) is 18.5 Å². The number of halogens is 1. The van der Waals surface area contributed by atoms with E-state index in [1.54, 1.807) is 6.07 Å². The molecule has 5 nitrogen and oxygen atoms in total. The van der Waals surface area contributed by atoms with Gasteiger partial charge in [-0.1, -0.05) is 22.0 Å². The minimum Gasteiger partial charge on any atom is -0.394 e. The second-order valence-corrected chi connectivity index (χ2v) is 5.81. The zero-order valence-electron chi connectivity index (χ0n) is 11.2. The van der Waals surface area contributed by atoms with Crippen LogP contribution in [-0.2, 0) is 9.59 Å². The number of benzene rings is 1. The van der Waals surface area contributed by atoms with E-state index in [0.29, 0.717) is 12.2 Å². The summed E-state index contributed by atoms with van der Waals surface area (Å²) in [5, 5.41) is 11.8. The van der Waals surface area contributed by atoms with E-state index in [0.717, 1.165) is 22.9 Å². The van der Waals surface area contributed by atoms with Crippen LogP contribution in [0.2, 0.25) is 0 Å². The minimum absolute atomic E-state index is 0.102. The Bertz CT molecular complexity index is 533. The van der Waals surface area contributed by atoms with Gasteiger partial charge in [0.25, 0.3) is 0 Å². The molecule has 0 unspecified atom stereocenters. The van der Waals surface area contributed by atoms with Crippen LogP contribution in [0.15, 0.2) is 22.7 Å². The maximum absolute atomic E-state index is 12.1. The second kappa shape index (κ2) is 6.37. The Morgan fingerprint density at radius 1 is 1.50 bits per heavy atom. The Kier molecular flexibility index (Phi) is 4.77. The summed E-state index contributed by atoms with van der Waals surface area (Å²) in [7, 11) is 0. The minimum atomic E-state index is -0.661. The van der Waals surface area contributed by atoms with Crippen LogP contribution in [-0.4, -0.2) is 41.0 Å². The standard InChI is InChI=1S/C14H17BrN2O3/c1-9-4-5-10(15)7-12(9)16-13(19)14(20)17-6-2-3-11(17)8-18/h4-5,7,11,18H,2-3,6,8H2,1H3,(H,16,19)/t11-/m0/s1. The normalized spacial score (nSPS) is 18.1. The molecule has 1 fully saturated rings. The van der Waals surface area contributed by atoms with Gasteiger partial charge in [-0.15, -0.1) is 0 Å². The zero-order valence-corrected chi connectivity index (χ0v) is 12.8. The highest BCUT2D eigenvalue weighted by Gasteiger charge is 2.32. The highest BCUT2D eigenvalue weighted by atomic mass is 79.9. The number of aryl methyl sites for hydroxylation is 1. The van der Waals surface area contributed by atoms with E-state index in [-0.39, 0.29) is 12.6 Å². The van der Waals surface area contributed by atoms with Crippen molar-refractivity contribution < 1.29 is 14.7 Å². The summed E-state index contributed by atoms with van der Waals surface area (Å²) in [5.41, 5.74) is 1.49. The van der Waals surface area contributed by atoms with E-state index in [4.69, 9.17) is 0 Å². The predicted octanol–water partition coefficient (Wildman–Crippen LogP) is 1.68. The molecule has 0 saturated carbocycles. The lowest BCUT2D eigenvalue weighted by Crippen LogP contribution is -2.43. The van der Waals surface area contributed by atoms with Crippen LogP contribution in [0.4, 0.5) is 5.69 Å². The molecule has 1 saturated heterocycles. The summed E-state index contributed by atoms with van der Waals surface area (Å²) in [6.07, 6.45) is 1.56. The van der Waals surface area contributed by atoms with Crippen molar-refractivity contribution in [1.82, 2.24) is 4.90 Å². The van der Waals surface area contributed by atoms with Gasteiger partial charge in [-0.05, 0) is 37.5 Å². The highest BCUT2D eigenvalue weighted by molar-refractivity contribution is 9.10. The molecule has 1 aliphatic heterocycles. The third kappa shape index (κ3) is 3.19. The first-order valence-corrected chi connectivity index (χ1v) is 7.31. The molecule has 0 aromatic heterocycles. The molecule has 2 rings (SSSR count). The number of aliphatic hydroxyl groups excluding tert-OH is 1. The van der Waals surface area contributed by atoms with Crippen molar-refractivity contribution in [3.05, 3.63) is 28.2 Å². The monoisotopic (exact) mass is 340 g/mol. The number of aliphatic hydroxyl groups is 1. The largest absolute Gasteiger partial charge is 0.394 e. The fourth-order valence-electron chi connectivity index (χ4n) is 2.33. The molecular weight excluding hydrogens is 324 g/mol. The van der Waals surface area contributed by atoms with Crippen LogP contribution in [0.25, 0.3) is 0 Å². The van der Waals surface area contributed by atoms with Gasteiger partial charge in [-0.2, -0.15) is 0 Å². The Hall–Kier alpha value is -1.40. The van der Waals surface area contributed by atoms with Crippen LogP contribution < -0.4 is 5.32 Å². The third-order valence-electron chi connectivity index (χ3n) is 3.49. The number of hydrogen-bond donors (Lipinski definition) is 2. The number of amides is 2. The molecule has 1 atom stereocenters. The smallest absolute Gasteiger partial charge is 0.313 e. The number of carbonyl (C=O) groups is 2. The number of nitrogens with zero attached hydrogens (tertiary/aromatic N) is 1. The maximum Gasteiger partial charge on any atom is 0.313 e. The summed E-state index contributed by atoms with van der Waals surface area (Å²) in [6.45, 7) is 2.28. The van der Waals surface area contributed by atoms with E-state index < -0.39 is 11.8 Å². The Balaban J connectivity index is 2.08. The molecular formula is C14H17BrN2O3. The second-order valence-electron chi connectivity index (χ2n) is 4.89. The van der Waals surface area contributed by atoms with Gasteiger partial charge in [0.15, 0.2) is 0 Å². The van der Waals surface area contributed by atoms with Gasteiger partial charge in [0, 0.05) is 16.7 Å². The Labute approximate surface area is 126 Å². The van der Waals surface area contributed by atoms with Crippen LogP contribution in [0.1, 0.15) is 18.4 Å². The van der Waals surface area contributed by atoms with Crippen molar-refractivity contribution in [1.29, 1.82) is 0 Å². The summed E-state index contributed by atoms with van der Waals surface area (Å²) in [5.74, 6) is -1.24. The summed E-state index contributed by atoms with van der Waals surface area (Å²) in [6, 6.07) is 5.25. The number of rotatable bonds is 2. The summed E-state index contributed by atoms with van der Waals surface area (Å²) < 4.78 is 0.834. The van der Waals surface area contributed by atoms with Crippen molar-refractivity contribution in [2.45, 2.75) is 25.8 Å². The lowest BCUT2D eigenvalue weighted by atomic mass is 10.2. The first-order chi connectivity index (χ1) is 9.52. The molecule has 2 N–H and O–H groups in total. The molecule has 0 aliphatic carbocycles. The van der Waals surface area contributed by atoms with Gasteiger partial charge in [0.05, 0.1) is 12.6 Å². The maximum atomic E-state index is 12.1. The SMILES string of the molecule is Cc1ccc(Br)cc1NC(=O)C(=O)N1CCC[C@H]1CO. The molecule has 2 amide bonds. The van der Waals surface area contributed by atoms with Crippen molar-refractivity contribution in [3.8, 4) is 0 Å². The van der Waals surface area contributed by atoms with Crippen LogP contribution >= 0.6 is 15.9 Å². The van der Waals surface area contributed by atoms with Gasteiger partial charge in [-0.3, -0.25) is 9.59 Å². The zero-order chi connectivity index (χ0) is 14.7. The Morgan fingerprint density at radius 3 is 2.95 bits per heavy atom. The first kappa shape index (κ1) is 15.0. The van der Waals surface area contributed by atoms with E-state index in [1.165, 1.54) is 4.90 Å². The van der Waals surface area contributed by atoms with Crippen molar-refractivity contribution in [3.63, 3.8) is 0 Å². The van der Waals surface area contributed by atoms with Crippen molar-refractivity contribution >= 4 is 33.4 Å². The lowest BCUT2D eigenvalue weighted by Gasteiger charge is -2.22. The van der Waals surface area contributed by atoms with E-state index >= 15 is 0 Å².